The van der Waals surface area contributed by atoms with E-state index in [1.54, 1.807) is 24.3 Å². The van der Waals surface area contributed by atoms with Crippen LogP contribution >= 0.6 is 11.8 Å². The first-order chi connectivity index (χ1) is 13.3. The van der Waals surface area contributed by atoms with Crippen LogP contribution in [0.25, 0.3) is 6.08 Å². The summed E-state index contributed by atoms with van der Waals surface area (Å²) in [5, 5.41) is 11.2. The normalized spacial score (nSPS) is 15.2. The van der Waals surface area contributed by atoms with E-state index < -0.39 is 29.6 Å². The van der Waals surface area contributed by atoms with Crippen LogP contribution in [0, 0.1) is 6.92 Å². The molecule has 3 amide bonds. The molecule has 1 saturated heterocycles. The number of para-hydroxylation sites is 1. The fraction of sp³-hybridized carbons (Fsp3) is 0.100. The predicted octanol–water partition coefficient (Wildman–Crippen LogP) is 3.37. The SMILES string of the molecule is Cc1ccccc1NC(=O)CN1C(=O)S/C(=C/c2cccc(C(=O)O)c2)C1=O. The number of carboxylic acids is 1. The lowest BCUT2D eigenvalue weighted by atomic mass is 10.1. The molecular weight excluding hydrogens is 380 g/mol. The number of nitrogens with one attached hydrogen (secondary N) is 1. The number of nitrogens with zero attached hydrogens (tertiary/aromatic N) is 1. The molecule has 1 aliphatic rings. The van der Waals surface area contributed by atoms with Crippen molar-refractivity contribution in [1.82, 2.24) is 4.90 Å². The Hall–Kier alpha value is -3.39. The molecule has 142 valence electrons. The number of carboxylic acid groups (broad SMARTS) is 1. The Morgan fingerprint density at radius 3 is 2.61 bits per heavy atom. The van der Waals surface area contributed by atoms with Gasteiger partial charge in [0, 0.05) is 5.69 Å². The molecule has 2 aromatic rings. The van der Waals surface area contributed by atoms with Crippen LogP contribution in [0.15, 0.2) is 53.4 Å². The summed E-state index contributed by atoms with van der Waals surface area (Å²) >= 11 is 0.713. The van der Waals surface area contributed by atoms with Crippen LogP contribution < -0.4 is 5.32 Å². The lowest BCUT2D eigenvalue weighted by Crippen LogP contribution is -2.36. The summed E-state index contributed by atoms with van der Waals surface area (Å²) in [5.74, 6) is -2.15. The Kier molecular flexibility index (Phi) is 5.60. The molecule has 0 aliphatic carbocycles. The predicted molar refractivity (Wildman–Crippen MR) is 106 cm³/mol. The van der Waals surface area contributed by atoms with Crippen molar-refractivity contribution in [3.63, 3.8) is 0 Å². The first kappa shape index (κ1) is 19.4. The monoisotopic (exact) mass is 396 g/mol. The maximum absolute atomic E-state index is 12.5. The molecule has 28 heavy (non-hydrogen) atoms. The van der Waals surface area contributed by atoms with Crippen molar-refractivity contribution in [2.75, 3.05) is 11.9 Å². The summed E-state index contributed by atoms with van der Waals surface area (Å²) in [6.45, 7) is 1.44. The molecule has 7 nitrogen and oxygen atoms in total. The topological polar surface area (TPSA) is 104 Å². The summed E-state index contributed by atoms with van der Waals surface area (Å²) in [7, 11) is 0. The van der Waals surface area contributed by atoms with Gasteiger partial charge in [-0.1, -0.05) is 30.3 Å². The quantitative estimate of drug-likeness (QED) is 0.751. The highest BCUT2D eigenvalue weighted by Crippen LogP contribution is 2.32. The fourth-order valence-corrected chi connectivity index (χ4v) is 3.43. The minimum absolute atomic E-state index is 0.0746. The van der Waals surface area contributed by atoms with Gasteiger partial charge >= 0.3 is 5.97 Å². The van der Waals surface area contributed by atoms with Gasteiger partial charge in [-0.2, -0.15) is 0 Å². The smallest absolute Gasteiger partial charge is 0.335 e. The number of amides is 3. The molecule has 0 atom stereocenters. The number of anilines is 1. The maximum Gasteiger partial charge on any atom is 0.335 e. The molecule has 1 aliphatic heterocycles. The molecule has 3 rings (SSSR count). The first-order valence-electron chi connectivity index (χ1n) is 8.29. The van der Waals surface area contributed by atoms with Crippen LogP contribution in [0.1, 0.15) is 21.5 Å². The highest BCUT2D eigenvalue weighted by molar-refractivity contribution is 8.18. The van der Waals surface area contributed by atoms with E-state index in [-0.39, 0.29) is 10.5 Å². The van der Waals surface area contributed by atoms with E-state index in [9.17, 15) is 19.2 Å². The van der Waals surface area contributed by atoms with E-state index in [0.29, 0.717) is 23.0 Å². The van der Waals surface area contributed by atoms with Crippen molar-refractivity contribution >= 4 is 46.5 Å². The van der Waals surface area contributed by atoms with E-state index in [4.69, 9.17) is 5.11 Å². The van der Waals surface area contributed by atoms with Gasteiger partial charge in [0.25, 0.3) is 11.1 Å². The van der Waals surface area contributed by atoms with Crippen molar-refractivity contribution < 1.29 is 24.3 Å². The Bertz CT molecular complexity index is 1020. The molecule has 0 saturated carbocycles. The largest absolute Gasteiger partial charge is 0.478 e. The Balaban J connectivity index is 1.73. The van der Waals surface area contributed by atoms with Gasteiger partial charge in [-0.15, -0.1) is 0 Å². The Morgan fingerprint density at radius 2 is 1.89 bits per heavy atom. The van der Waals surface area contributed by atoms with Gasteiger partial charge in [0.15, 0.2) is 0 Å². The number of rotatable bonds is 5. The minimum Gasteiger partial charge on any atom is -0.478 e. The van der Waals surface area contributed by atoms with E-state index in [2.05, 4.69) is 5.32 Å². The number of aryl methyl sites for hydroxylation is 1. The number of benzene rings is 2. The number of carbonyl (C=O) groups is 4. The van der Waals surface area contributed by atoms with Crippen molar-refractivity contribution in [2.45, 2.75) is 6.92 Å². The molecule has 0 radical (unpaired) electrons. The number of thioether (sulfide) groups is 1. The second-order valence-corrected chi connectivity index (χ2v) is 7.05. The number of carbonyl (C=O) groups excluding carboxylic acids is 3. The van der Waals surface area contributed by atoms with Gasteiger partial charge in [0.05, 0.1) is 10.5 Å². The summed E-state index contributed by atoms with van der Waals surface area (Å²) in [4.78, 5) is 49.0. The van der Waals surface area contributed by atoms with Gasteiger partial charge in [0.2, 0.25) is 5.91 Å². The average Bonchev–Trinajstić information content (AvgIpc) is 2.91. The lowest BCUT2D eigenvalue weighted by molar-refractivity contribution is -0.127. The maximum atomic E-state index is 12.5. The van der Waals surface area contributed by atoms with Crippen LogP contribution in [0.4, 0.5) is 10.5 Å². The molecule has 8 heteroatoms. The highest BCUT2D eigenvalue weighted by atomic mass is 32.2. The molecule has 0 unspecified atom stereocenters. The minimum atomic E-state index is -1.09. The number of aromatic carboxylic acids is 1. The van der Waals surface area contributed by atoms with Crippen molar-refractivity contribution in [1.29, 1.82) is 0 Å². The van der Waals surface area contributed by atoms with Gasteiger partial charge in [-0.05, 0) is 54.1 Å². The van der Waals surface area contributed by atoms with Crippen LogP contribution in [-0.2, 0) is 9.59 Å². The Morgan fingerprint density at radius 1 is 1.14 bits per heavy atom. The first-order valence-corrected chi connectivity index (χ1v) is 9.11. The third kappa shape index (κ3) is 4.29. The van der Waals surface area contributed by atoms with Crippen molar-refractivity contribution in [2.24, 2.45) is 0 Å². The molecule has 0 bridgehead atoms. The van der Waals surface area contributed by atoms with Gasteiger partial charge in [0.1, 0.15) is 6.54 Å². The summed E-state index contributed by atoms with van der Waals surface area (Å²) in [5.41, 5.74) is 2.03. The van der Waals surface area contributed by atoms with Crippen LogP contribution in [0.5, 0.6) is 0 Å². The van der Waals surface area contributed by atoms with Gasteiger partial charge < -0.3 is 10.4 Å². The standard InChI is InChI=1S/C20H16N2O5S/c1-12-5-2-3-8-15(12)21-17(23)11-22-18(24)16(28-20(22)27)10-13-6-4-7-14(9-13)19(25)26/h2-10H,11H2,1H3,(H,21,23)(H,25,26)/b16-10+. The van der Waals surface area contributed by atoms with Gasteiger partial charge in [-0.25, -0.2) is 4.79 Å². The molecular formula is C20H16N2O5S. The zero-order chi connectivity index (χ0) is 20.3. The lowest BCUT2D eigenvalue weighted by Gasteiger charge is -2.13. The summed E-state index contributed by atoms with van der Waals surface area (Å²) in [6.07, 6.45) is 1.44. The Labute approximate surface area is 165 Å². The molecule has 0 spiro atoms. The van der Waals surface area contributed by atoms with E-state index in [1.165, 1.54) is 18.2 Å². The van der Waals surface area contributed by atoms with Crippen molar-refractivity contribution in [3.8, 4) is 0 Å². The zero-order valence-electron chi connectivity index (χ0n) is 14.8. The van der Waals surface area contributed by atoms with Crippen LogP contribution in [0.2, 0.25) is 0 Å². The van der Waals surface area contributed by atoms with E-state index >= 15 is 0 Å². The average molecular weight is 396 g/mol. The highest BCUT2D eigenvalue weighted by Gasteiger charge is 2.36. The third-order valence-corrected chi connectivity index (χ3v) is 4.93. The zero-order valence-corrected chi connectivity index (χ0v) is 15.7. The second kappa shape index (κ2) is 8.10. The fourth-order valence-electron chi connectivity index (χ4n) is 2.60. The molecule has 2 N–H and O–H groups in total. The number of imide groups is 1. The van der Waals surface area contributed by atoms with Crippen LogP contribution in [0.3, 0.4) is 0 Å². The van der Waals surface area contributed by atoms with Crippen molar-refractivity contribution in [3.05, 3.63) is 70.1 Å². The molecule has 1 heterocycles. The second-order valence-electron chi connectivity index (χ2n) is 6.06. The molecule has 2 aromatic carbocycles. The van der Waals surface area contributed by atoms with Gasteiger partial charge in [-0.3, -0.25) is 19.3 Å². The summed E-state index contributed by atoms with van der Waals surface area (Å²) in [6, 6.07) is 13.2. The third-order valence-electron chi connectivity index (χ3n) is 4.03. The molecule has 0 aromatic heterocycles. The van der Waals surface area contributed by atoms with Crippen LogP contribution in [-0.4, -0.2) is 39.6 Å². The van der Waals surface area contributed by atoms with E-state index in [1.807, 2.05) is 19.1 Å². The molecule has 1 fully saturated rings. The number of hydrogen-bond acceptors (Lipinski definition) is 5. The summed E-state index contributed by atoms with van der Waals surface area (Å²) < 4.78 is 0. The number of hydrogen-bond donors (Lipinski definition) is 2. The van der Waals surface area contributed by atoms with E-state index in [0.717, 1.165) is 10.5 Å².